The van der Waals surface area contributed by atoms with Crippen molar-refractivity contribution in [3.05, 3.63) is 11.6 Å². The Labute approximate surface area is 95.4 Å². The Morgan fingerprint density at radius 1 is 1.50 bits per heavy atom. The average Bonchev–Trinajstić information content (AvgIpc) is 2.85. The van der Waals surface area contributed by atoms with E-state index in [9.17, 15) is 5.11 Å². The summed E-state index contributed by atoms with van der Waals surface area (Å²) < 4.78 is 7.59. The molecule has 0 saturated carbocycles. The van der Waals surface area contributed by atoms with Gasteiger partial charge >= 0.3 is 0 Å². The smallest absolute Gasteiger partial charge is 0.158 e. The Bertz CT molecular complexity index is 351. The lowest BCUT2D eigenvalue weighted by Crippen LogP contribution is -2.12. The molecule has 0 aliphatic carbocycles. The maximum atomic E-state index is 9.20. The van der Waals surface area contributed by atoms with Crippen molar-refractivity contribution in [3.8, 4) is 0 Å². The highest BCUT2D eigenvalue weighted by Crippen LogP contribution is 2.28. The van der Waals surface area contributed by atoms with Crippen LogP contribution in [0.5, 0.6) is 0 Å². The number of hydrogen-bond donors (Lipinski definition) is 1. The van der Waals surface area contributed by atoms with Crippen molar-refractivity contribution in [1.82, 2.24) is 14.8 Å². The normalized spacial score (nSPS) is 25.2. The summed E-state index contributed by atoms with van der Waals surface area (Å²) >= 11 is 0. The SMILES string of the molecule is CCCn1c(CO)nnc1C1COC(C)C1. The first-order valence-electron chi connectivity index (χ1n) is 5.90. The van der Waals surface area contributed by atoms with E-state index < -0.39 is 0 Å². The number of aromatic nitrogens is 3. The van der Waals surface area contributed by atoms with Gasteiger partial charge in [0.1, 0.15) is 12.4 Å². The van der Waals surface area contributed by atoms with Crippen LogP contribution in [-0.2, 0) is 17.9 Å². The molecule has 2 heterocycles. The summed E-state index contributed by atoms with van der Waals surface area (Å²) in [6.45, 7) is 5.72. The average molecular weight is 225 g/mol. The van der Waals surface area contributed by atoms with E-state index >= 15 is 0 Å². The predicted octanol–water partition coefficient (Wildman–Crippen LogP) is 1.07. The van der Waals surface area contributed by atoms with Crippen molar-refractivity contribution in [2.75, 3.05) is 6.61 Å². The van der Waals surface area contributed by atoms with Gasteiger partial charge < -0.3 is 14.4 Å². The summed E-state index contributed by atoms with van der Waals surface area (Å²) in [6, 6.07) is 0. The number of nitrogens with zero attached hydrogens (tertiary/aromatic N) is 3. The monoisotopic (exact) mass is 225 g/mol. The zero-order valence-electron chi connectivity index (χ0n) is 9.89. The predicted molar refractivity (Wildman–Crippen MR) is 59.0 cm³/mol. The maximum Gasteiger partial charge on any atom is 0.158 e. The van der Waals surface area contributed by atoms with Crippen LogP contribution >= 0.6 is 0 Å². The molecule has 16 heavy (non-hydrogen) atoms. The van der Waals surface area contributed by atoms with E-state index in [2.05, 4.69) is 24.0 Å². The lowest BCUT2D eigenvalue weighted by molar-refractivity contribution is 0.123. The van der Waals surface area contributed by atoms with Gasteiger partial charge in [-0.25, -0.2) is 0 Å². The van der Waals surface area contributed by atoms with Crippen LogP contribution in [0.1, 0.15) is 44.3 Å². The standard InChI is InChI=1S/C11H19N3O2/c1-3-4-14-10(6-15)12-13-11(14)9-5-8(2)16-7-9/h8-9,15H,3-7H2,1-2H3. The van der Waals surface area contributed by atoms with E-state index in [-0.39, 0.29) is 6.61 Å². The molecule has 1 aliphatic heterocycles. The van der Waals surface area contributed by atoms with Crippen LogP contribution in [0.4, 0.5) is 0 Å². The van der Waals surface area contributed by atoms with Crippen molar-refractivity contribution in [3.63, 3.8) is 0 Å². The minimum atomic E-state index is -0.0455. The molecule has 1 fully saturated rings. The van der Waals surface area contributed by atoms with Gasteiger partial charge in [-0.3, -0.25) is 0 Å². The third-order valence-corrected chi connectivity index (χ3v) is 3.01. The van der Waals surface area contributed by atoms with Crippen LogP contribution in [0.15, 0.2) is 0 Å². The molecule has 0 spiro atoms. The van der Waals surface area contributed by atoms with Crippen molar-refractivity contribution < 1.29 is 9.84 Å². The molecular formula is C11H19N3O2. The molecule has 1 N–H and O–H groups in total. The molecule has 0 aromatic carbocycles. The summed E-state index contributed by atoms with van der Waals surface area (Å²) in [5, 5.41) is 17.4. The van der Waals surface area contributed by atoms with Gasteiger partial charge in [0.05, 0.1) is 12.7 Å². The molecule has 0 amide bonds. The van der Waals surface area contributed by atoms with Crippen LogP contribution < -0.4 is 0 Å². The molecule has 5 nitrogen and oxygen atoms in total. The number of aliphatic hydroxyl groups excluding tert-OH is 1. The lowest BCUT2D eigenvalue weighted by Gasteiger charge is -2.11. The van der Waals surface area contributed by atoms with Crippen LogP contribution in [-0.4, -0.2) is 32.6 Å². The van der Waals surface area contributed by atoms with Gasteiger partial charge in [0.15, 0.2) is 5.82 Å². The first-order chi connectivity index (χ1) is 7.76. The van der Waals surface area contributed by atoms with Gasteiger partial charge in [0.25, 0.3) is 0 Å². The summed E-state index contributed by atoms with van der Waals surface area (Å²) in [6.07, 6.45) is 2.31. The van der Waals surface area contributed by atoms with Gasteiger partial charge in [0, 0.05) is 12.5 Å². The molecule has 1 saturated heterocycles. The fourth-order valence-corrected chi connectivity index (χ4v) is 2.23. The largest absolute Gasteiger partial charge is 0.388 e. The Morgan fingerprint density at radius 2 is 2.31 bits per heavy atom. The topological polar surface area (TPSA) is 60.2 Å². The van der Waals surface area contributed by atoms with Crippen molar-refractivity contribution in [2.45, 2.75) is 51.9 Å². The highest BCUT2D eigenvalue weighted by atomic mass is 16.5. The molecule has 0 bridgehead atoms. The van der Waals surface area contributed by atoms with E-state index in [0.29, 0.717) is 24.5 Å². The van der Waals surface area contributed by atoms with Gasteiger partial charge in [-0.1, -0.05) is 6.92 Å². The highest BCUT2D eigenvalue weighted by Gasteiger charge is 2.28. The molecule has 5 heteroatoms. The fourth-order valence-electron chi connectivity index (χ4n) is 2.23. The molecule has 1 aromatic rings. The summed E-state index contributed by atoms with van der Waals surface area (Å²) in [7, 11) is 0. The van der Waals surface area contributed by atoms with E-state index in [0.717, 1.165) is 25.2 Å². The Hall–Kier alpha value is -0.940. The summed E-state index contributed by atoms with van der Waals surface area (Å²) in [5.74, 6) is 1.96. The molecule has 2 atom stereocenters. The molecule has 1 aromatic heterocycles. The van der Waals surface area contributed by atoms with Gasteiger partial charge in [-0.05, 0) is 19.8 Å². The number of hydrogen-bond acceptors (Lipinski definition) is 4. The van der Waals surface area contributed by atoms with Crippen LogP contribution in [0.3, 0.4) is 0 Å². The van der Waals surface area contributed by atoms with E-state index in [4.69, 9.17) is 4.74 Å². The Balaban J connectivity index is 2.22. The minimum absolute atomic E-state index is 0.0455. The van der Waals surface area contributed by atoms with Gasteiger partial charge in [-0.2, -0.15) is 0 Å². The molecule has 1 aliphatic rings. The highest BCUT2D eigenvalue weighted by molar-refractivity contribution is 5.04. The molecular weight excluding hydrogens is 206 g/mol. The second kappa shape index (κ2) is 4.93. The van der Waals surface area contributed by atoms with E-state index in [1.54, 1.807) is 0 Å². The first kappa shape index (κ1) is 11.5. The van der Waals surface area contributed by atoms with Gasteiger partial charge in [0.2, 0.25) is 0 Å². The lowest BCUT2D eigenvalue weighted by atomic mass is 10.1. The first-order valence-corrected chi connectivity index (χ1v) is 5.90. The Kier molecular flexibility index (Phi) is 3.56. The third-order valence-electron chi connectivity index (χ3n) is 3.01. The number of rotatable bonds is 4. The van der Waals surface area contributed by atoms with Crippen LogP contribution in [0.2, 0.25) is 0 Å². The van der Waals surface area contributed by atoms with Gasteiger partial charge in [-0.15, -0.1) is 10.2 Å². The molecule has 2 rings (SSSR count). The van der Waals surface area contributed by atoms with Crippen molar-refractivity contribution in [2.24, 2.45) is 0 Å². The quantitative estimate of drug-likeness (QED) is 0.832. The third kappa shape index (κ3) is 2.10. The summed E-state index contributed by atoms with van der Waals surface area (Å²) in [4.78, 5) is 0. The fraction of sp³-hybridized carbons (Fsp3) is 0.818. The zero-order chi connectivity index (χ0) is 11.5. The van der Waals surface area contributed by atoms with Crippen LogP contribution in [0, 0.1) is 0 Å². The zero-order valence-corrected chi connectivity index (χ0v) is 9.89. The summed E-state index contributed by atoms with van der Waals surface area (Å²) in [5.41, 5.74) is 0. The molecule has 90 valence electrons. The number of aliphatic hydroxyl groups is 1. The van der Waals surface area contributed by atoms with Crippen LogP contribution in [0.25, 0.3) is 0 Å². The number of ether oxygens (including phenoxy) is 1. The second-order valence-electron chi connectivity index (χ2n) is 4.36. The van der Waals surface area contributed by atoms with Crippen molar-refractivity contribution in [1.29, 1.82) is 0 Å². The van der Waals surface area contributed by atoms with E-state index in [1.807, 2.05) is 4.57 Å². The molecule has 0 radical (unpaired) electrons. The second-order valence-corrected chi connectivity index (χ2v) is 4.36. The maximum absolute atomic E-state index is 9.20. The minimum Gasteiger partial charge on any atom is -0.388 e. The molecule has 2 unspecified atom stereocenters. The van der Waals surface area contributed by atoms with Crippen molar-refractivity contribution >= 4 is 0 Å². The van der Waals surface area contributed by atoms with E-state index in [1.165, 1.54) is 0 Å². The Morgan fingerprint density at radius 3 is 2.88 bits per heavy atom.